The van der Waals surface area contributed by atoms with E-state index in [4.69, 9.17) is 0 Å². The second-order valence-corrected chi connectivity index (χ2v) is 6.29. The highest BCUT2D eigenvalue weighted by Crippen LogP contribution is 2.24. The van der Waals surface area contributed by atoms with Gasteiger partial charge in [0.15, 0.2) is 0 Å². The van der Waals surface area contributed by atoms with Gasteiger partial charge in [-0.15, -0.1) is 11.3 Å². The van der Waals surface area contributed by atoms with Crippen LogP contribution < -0.4 is 5.32 Å². The molecule has 1 N–H and O–H groups in total. The molecule has 0 unspecified atom stereocenters. The van der Waals surface area contributed by atoms with Crippen molar-refractivity contribution in [2.75, 3.05) is 5.32 Å². The average Bonchev–Trinajstić information content (AvgIpc) is 3.16. The van der Waals surface area contributed by atoms with Gasteiger partial charge in [-0.3, -0.25) is 4.79 Å². The van der Waals surface area contributed by atoms with Crippen molar-refractivity contribution in [2.45, 2.75) is 0 Å². The van der Waals surface area contributed by atoms with E-state index in [1.54, 1.807) is 17.5 Å². The molecule has 0 fully saturated rings. The predicted octanol–water partition coefficient (Wildman–Crippen LogP) is 5.22. The van der Waals surface area contributed by atoms with Gasteiger partial charge in [-0.05, 0) is 41.1 Å². The molecule has 1 amide bonds. The van der Waals surface area contributed by atoms with Crippen LogP contribution in [0.25, 0.3) is 21.3 Å². The highest BCUT2D eigenvalue weighted by Gasteiger charge is 2.10. The minimum Gasteiger partial charge on any atom is -0.322 e. The van der Waals surface area contributed by atoms with Gasteiger partial charge >= 0.3 is 0 Å². The van der Waals surface area contributed by atoms with E-state index in [1.807, 2.05) is 72.1 Å². The monoisotopic (exact) mass is 330 g/mol. The molecule has 0 bridgehead atoms. The first-order chi connectivity index (χ1) is 11.8. The summed E-state index contributed by atoms with van der Waals surface area (Å²) in [6, 6.07) is 21.4. The van der Waals surface area contributed by atoms with Crippen LogP contribution in [0.1, 0.15) is 10.4 Å². The summed E-state index contributed by atoms with van der Waals surface area (Å²) in [5.74, 6) is -0.103. The molecule has 0 radical (unpaired) electrons. The first-order valence-corrected chi connectivity index (χ1v) is 8.48. The van der Waals surface area contributed by atoms with Crippen LogP contribution in [0.2, 0.25) is 0 Å². The van der Waals surface area contributed by atoms with Gasteiger partial charge in [-0.1, -0.05) is 36.4 Å². The zero-order chi connectivity index (χ0) is 16.4. The van der Waals surface area contributed by atoms with E-state index in [2.05, 4.69) is 10.3 Å². The smallest absolute Gasteiger partial charge is 0.256 e. The topological polar surface area (TPSA) is 42.0 Å². The average molecular weight is 330 g/mol. The molecule has 0 spiro atoms. The second kappa shape index (κ2) is 6.26. The maximum absolute atomic E-state index is 12.6. The summed E-state index contributed by atoms with van der Waals surface area (Å²) in [5.41, 5.74) is 2.50. The zero-order valence-electron chi connectivity index (χ0n) is 12.8. The van der Waals surface area contributed by atoms with E-state index in [-0.39, 0.29) is 5.91 Å². The molecule has 116 valence electrons. The Hall–Kier alpha value is -2.98. The fourth-order valence-electron chi connectivity index (χ4n) is 2.68. The van der Waals surface area contributed by atoms with Gasteiger partial charge in [0, 0.05) is 28.4 Å². The number of amides is 1. The predicted molar refractivity (Wildman–Crippen MR) is 99.5 cm³/mol. The van der Waals surface area contributed by atoms with Gasteiger partial charge in [0.2, 0.25) is 0 Å². The minimum atomic E-state index is -0.103. The number of thiazole rings is 1. The second-order valence-electron chi connectivity index (χ2n) is 5.40. The first kappa shape index (κ1) is 14.6. The fraction of sp³-hybridized carbons (Fsp3) is 0. The summed E-state index contributed by atoms with van der Waals surface area (Å²) in [6.07, 6.45) is 1.79. The quantitative estimate of drug-likeness (QED) is 0.560. The van der Waals surface area contributed by atoms with Crippen LogP contribution in [-0.2, 0) is 0 Å². The molecule has 4 aromatic rings. The summed E-state index contributed by atoms with van der Waals surface area (Å²) in [6.45, 7) is 0. The van der Waals surface area contributed by atoms with E-state index in [0.717, 1.165) is 27.0 Å². The van der Waals surface area contributed by atoms with E-state index < -0.39 is 0 Å². The lowest BCUT2D eigenvalue weighted by Crippen LogP contribution is -2.12. The normalized spacial score (nSPS) is 10.7. The van der Waals surface area contributed by atoms with E-state index >= 15 is 0 Å². The number of carbonyl (C=O) groups excluding carboxylic acids is 1. The standard InChI is InChI=1S/C20H14N2OS/c23-19(18-7-3-5-14-4-1-2-6-17(14)18)22-16-10-8-15(9-11-16)20-21-12-13-24-20/h1-13H,(H,22,23). The number of nitrogens with zero attached hydrogens (tertiary/aromatic N) is 1. The van der Waals surface area contributed by atoms with E-state index in [9.17, 15) is 4.79 Å². The van der Waals surface area contributed by atoms with Gasteiger partial charge in [-0.25, -0.2) is 4.98 Å². The Balaban J connectivity index is 1.59. The maximum Gasteiger partial charge on any atom is 0.256 e. The number of benzene rings is 3. The number of hydrogen-bond acceptors (Lipinski definition) is 3. The van der Waals surface area contributed by atoms with Crippen LogP contribution in [-0.4, -0.2) is 10.9 Å². The third kappa shape index (κ3) is 2.79. The van der Waals surface area contributed by atoms with Crippen LogP contribution >= 0.6 is 11.3 Å². The Kier molecular flexibility index (Phi) is 3.81. The van der Waals surface area contributed by atoms with Crippen LogP contribution in [0, 0.1) is 0 Å². The molecule has 1 aromatic heterocycles. The lowest BCUT2D eigenvalue weighted by molar-refractivity contribution is 0.102. The molecule has 0 saturated heterocycles. The van der Waals surface area contributed by atoms with Crippen molar-refractivity contribution in [3.8, 4) is 10.6 Å². The van der Waals surface area contributed by atoms with Crippen LogP contribution in [0.15, 0.2) is 78.3 Å². The van der Waals surface area contributed by atoms with Crippen LogP contribution in [0.4, 0.5) is 5.69 Å². The summed E-state index contributed by atoms with van der Waals surface area (Å²) in [7, 11) is 0. The summed E-state index contributed by atoms with van der Waals surface area (Å²) >= 11 is 1.60. The lowest BCUT2D eigenvalue weighted by Gasteiger charge is -2.08. The number of nitrogens with one attached hydrogen (secondary N) is 1. The van der Waals surface area contributed by atoms with Gasteiger partial charge in [0.05, 0.1) is 0 Å². The molecule has 0 aliphatic carbocycles. The summed E-state index contributed by atoms with van der Waals surface area (Å²) < 4.78 is 0. The number of anilines is 1. The SMILES string of the molecule is O=C(Nc1ccc(-c2nccs2)cc1)c1cccc2ccccc12. The number of carbonyl (C=O) groups is 1. The largest absolute Gasteiger partial charge is 0.322 e. The van der Waals surface area contributed by atoms with Crippen molar-refractivity contribution in [2.24, 2.45) is 0 Å². The van der Waals surface area contributed by atoms with Crippen molar-refractivity contribution >= 4 is 33.7 Å². The van der Waals surface area contributed by atoms with E-state index in [1.165, 1.54) is 0 Å². The van der Waals surface area contributed by atoms with Crippen molar-refractivity contribution in [3.05, 3.63) is 83.9 Å². The van der Waals surface area contributed by atoms with Crippen molar-refractivity contribution in [3.63, 3.8) is 0 Å². The molecular formula is C20H14N2OS. The Bertz CT molecular complexity index is 987. The zero-order valence-corrected chi connectivity index (χ0v) is 13.6. The molecule has 4 rings (SSSR count). The highest BCUT2D eigenvalue weighted by molar-refractivity contribution is 7.13. The maximum atomic E-state index is 12.6. The van der Waals surface area contributed by atoms with Gasteiger partial charge in [0.1, 0.15) is 5.01 Å². The van der Waals surface area contributed by atoms with Gasteiger partial charge < -0.3 is 5.32 Å². The molecule has 0 saturated carbocycles. The molecule has 1 heterocycles. The van der Waals surface area contributed by atoms with Crippen molar-refractivity contribution < 1.29 is 4.79 Å². The van der Waals surface area contributed by atoms with Gasteiger partial charge in [0.25, 0.3) is 5.91 Å². The van der Waals surface area contributed by atoms with Gasteiger partial charge in [-0.2, -0.15) is 0 Å². The molecule has 0 aliphatic heterocycles. The fourth-order valence-corrected chi connectivity index (χ4v) is 3.33. The highest BCUT2D eigenvalue weighted by atomic mass is 32.1. The van der Waals surface area contributed by atoms with Crippen LogP contribution in [0.3, 0.4) is 0 Å². The number of fused-ring (bicyclic) bond motifs is 1. The molecular weight excluding hydrogens is 316 g/mol. The third-order valence-corrected chi connectivity index (χ3v) is 4.68. The molecule has 3 aromatic carbocycles. The van der Waals surface area contributed by atoms with Crippen LogP contribution in [0.5, 0.6) is 0 Å². The Morgan fingerprint density at radius 3 is 2.50 bits per heavy atom. The molecule has 0 aliphatic rings. The lowest BCUT2D eigenvalue weighted by atomic mass is 10.0. The summed E-state index contributed by atoms with van der Waals surface area (Å²) in [4.78, 5) is 16.9. The Morgan fingerprint density at radius 1 is 0.917 bits per heavy atom. The van der Waals surface area contributed by atoms with E-state index in [0.29, 0.717) is 5.56 Å². The third-order valence-electron chi connectivity index (χ3n) is 3.86. The molecule has 0 atom stereocenters. The Morgan fingerprint density at radius 2 is 1.71 bits per heavy atom. The minimum absolute atomic E-state index is 0.103. The molecule has 4 heteroatoms. The number of hydrogen-bond donors (Lipinski definition) is 1. The van der Waals surface area contributed by atoms with Crippen molar-refractivity contribution in [1.82, 2.24) is 4.98 Å². The van der Waals surface area contributed by atoms with Crippen molar-refractivity contribution in [1.29, 1.82) is 0 Å². The molecule has 3 nitrogen and oxygen atoms in total. The first-order valence-electron chi connectivity index (χ1n) is 7.60. The number of rotatable bonds is 3. The Labute approximate surface area is 143 Å². The molecule has 24 heavy (non-hydrogen) atoms. The summed E-state index contributed by atoms with van der Waals surface area (Å²) in [5, 5.41) is 7.91. The number of aromatic nitrogens is 1.